The second-order valence-corrected chi connectivity index (χ2v) is 12.0. The van der Waals surface area contributed by atoms with E-state index in [0.717, 1.165) is 36.4 Å². The van der Waals surface area contributed by atoms with Gasteiger partial charge in [-0.25, -0.2) is 12.4 Å². The zero-order chi connectivity index (χ0) is 28.8. The van der Waals surface area contributed by atoms with Crippen molar-refractivity contribution < 1.29 is 60.3 Å². The lowest BCUT2D eigenvalue weighted by Crippen LogP contribution is -2.63. The summed E-state index contributed by atoms with van der Waals surface area (Å²) in [4.78, 5) is -1.38. The van der Waals surface area contributed by atoms with Crippen molar-refractivity contribution in [3.63, 3.8) is 0 Å². The first-order valence-corrected chi connectivity index (χ1v) is 12.8. The predicted molar refractivity (Wildman–Crippen MR) is 113 cm³/mol. The van der Waals surface area contributed by atoms with Crippen LogP contribution in [-0.4, -0.2) is 31.7 Å². The molecule has 0 bridgehead atoms. The zero-order valence-electron chi connectivity index (χ0n) is 18.2. The van der Waals surface area contributed by atoms with Gasteiger partial charge in [0.05, 0.1) is 0 Å². The van der Waals surface area contributed by atoms with Gasteiger partial charge in [0.1, 0.15) is 11.6 Å². The molecule has 3 rings (SSSR count). The van der Waals surface area contributed by atoms with Gasteiger partial charge in [-0.05, 0) is 71.0 Å². The van der Waals surface area contributed by atoms with E-state index >= 15 is 0 Å². The molecular weight excluding hydrogens is 585 g/mol. The number of benzene rings is 3. The van der Waals surface area contributed by atoms with Crippen molar-refractivity contribution in [1.82, 2.24) is 0 Å². The number of hydrogen-bond donors (Lipinski definition) is 0. The Morgan fingerprint density at radius 1 is 0.526 bits per heavy atom. The van der Waals surface area contributed by atoms with E-state index < -0.39 is 65.1 Å². The van der Waals surface area contributed by atoms with Crippen LogP contribution in [0.5, 0.6) is 0 Å². The lowest BCUT2D eigenvalue weighted by atomic mass is 10.1. The highest BCUT2D eigenvalue weighted by Crippen LogP contribution is 2.71. The first kappa shape index (κ1) is 29.7. The van der Waals surface area contributed by atoms with E-state index in [1.165, 1.54) is 18.2 Å². The molecular formula is C22H13F11O3S2. The fourth-order valence-electron chi connectivity index (χ4n) is 3.09. The Morgan fingerprint density at radius 2 is 0.895 bits per heavy atom. The number of halogens is 11. The highest BCUT2D eigenvalue weighted by atomic mass is 32.3. The third kappa shape index (κ3) is 4.73. The Labute approximate surface area is 209 Å². The Kier molecular flexibility index (Phi) is 7.59. The van der Waals surface area contributed by atoms with E-state index in [1.807, 2.05) is 0 Å². The number of alkyl halides is 9. The maximum atomic E-state index is 14.7. The fraction of sp³-hybridized carbons (Fsp3) is 0.182. The van der Waals surface area contributed by atoms with E-state index in [9.17, 15) is 56.7 Å². The molecule has 0 amide bonds. The molecule has 16 heteroatoms. The van der Waals surface area contributed by atoms with Gasteiger partial charge in [0, 0.05) is 14.7 Å². The topological polar surface area (TPSA) is 43.4 Å². The van der Waals surface area contributed by atoms with Gasteiger partial charge in [-0.1, -0.05) is 18.2 Å². The Hall–Kier alpha value is -2.85. The molecule has 3 aromatic carbocycles. The van der Waals surface area contributed by atoms with Crippen LogP contribution < -0.4 is 0 Å². The highest BCUT2D eigenvalue weighted by molar-refractivity contribution is 8.33. The van der Waals surface area contributed by atoms with Gasteiger partial charge < -0.3 is 0 Å². The summed E-state index contributed by atoms with van der Waals surface area (Å²) in [5.74, 6) is -17.0. The molecule has 3 aromatic rings. The lowest BCUT2D eigenvalue weighted by molar-refractivity contribution is -0.382. The SMILES string of the molecule is O=S(=O)(OS(c1ccccc1)(c1ccc(F)cc1)c1ccc(F)cc1)C(F)(F)C(F)(F)C(F)(F)C(F)(F)F. The van der Waals surface area contributed by atoms with Crippen LogP contribution in [0.4, 0.5) is 48.3 Å². The van der Waals surface area contributed by atoms with E-state index in [0.29, 0.717) is 24.3 Å². The Morgan fingerprint density at radius 3 is 1.26 bits per heavy atom. The summed E-state index contributed by atoms with van der Waals surface area (Å²) < 4.78 is 179. The van der Waals surface area contributed by atoms with Gasteiger partial charge in [-0.3, -0.25) is 0 Å². The summed E-state index contributed by atoms with van der Waals surface area (Å²) in [6, 6.07) is 11.7. The van der Waals surface area contributed by atoms with Crippen LogP contribution in [0.15, 0.2) is 93.5 Å². The molecule has 0 saturated carbocycles. The quantitative estimate of drug-likeness (QED) is 0.248. The fourth-order valence-corrected chi connectivity index (χ4v) is 8.28. The highest BCUT2D eigenvalue weighted by Gasteiger charge is 2.86. The normalized spacial score (nSPS) is 14.4. The zero-order valence-corrected chi connectivity index (χ0v) is 19.8. The molecule has 0 fully saturated rings. The van der Waals surface area contributed by atoms with E-state index in [2.05, 4.69) is 3.63 Å². The lowest BCUT2D eigenvalue weighted by Gasteiger charge is -2.41. The molecule has 0 heterocycles. The van der Waals surface area contributed by atoms with Gasteiger partial charge in [-0.2, -0.15) is 47.9 Å². The standard InChI is InChI=1S/C22H13F11O3S2/c23-14-6-10-17(11-7-14)37(16-4-2-1-3-5-16,18-12-8-15(24)9-13-18)36-38(34,35)22(32,33)20(27,28)19(25,26)21(29,30)31/h1-13H. The average Bonchev–Trinajstić information content (AvgIpc) is 2.83. The molecule has 0 aliphatic heterocycles. The first-order valence-electron chi connectivity index (χ1n) is 9.87. The average molecular weight is 598 g/mol. The van der Waals surface area contributed by atoms with Crippen LogP contribution in [0.1, 0.15) is 0 Å². The van der Waals surface area contributed by atoms with E-state index in [4.69, 9.17) is 0 Å². The summed E-state index contributed by atoms with van der Waals surface area (Å²) in [5, 5.41) is -7.16. The van der Waals surface area contributed by atoms with Gasteiger partial charge >= 0.3 is 33.4 Å². The molecule has 208 valence electrons. The van der Waals surface area contributed by atoms with Crippen molar-refractivity contribution in [2.24, 2.45) is 0 Å². The molecule has 0 aliphatic carbocycles. The maximum Gasteiger partial charge on any atom is 0.460 e. The molecule has 3 nitrogen and oxygen atoms in total. The van der Waals surface area contributed by atoms with Crippen molar-refractivity contribution in [1.29, 1.82) is 0 Å². The third-order valence-corrected chi connectivity index (χ3v) is 10.2. The Bertz CT molecular complexity index is 1330. The molecule has 0 aliphatic rings. The minimum atomic E-state index is -7.55. The smallest absolute Gasteiger partial charge is 0.207 e. The third-order valence-electron chi connectivity index (χ3n) is 4.99. The summed E-state index contributed by atoms with van der Waals surface area (Å²) in [6.45, 7) is 0. The van der Waals surface area contributed by atoms with E-state index in [1.54, 1.807) is 0 Å². The molecule has 0 radical (unpaired) electrons. The molecule has 38 heavy (non-hydrogen) atoms. The second-order valence-electron chi connectivity index (χ2n) is 7.46. The van der Waals surface area contributed by atoms with Gasteiger partial charge in [0.15, 0.2) is 0 Å². The summed E-state index contributed by atoms with van der Waals surface area (Å²) >= 11 is 0. The maximum absolute atomic E-state index is 14.7. The van der Waals surface area contributed by atoms with Crippen molar-refractivity contribution in [2.75, 3.05) is 0 Å². The molecule has 0 spiro atoms. The molecule has 0 N–H and O–H groups in total. The summed E-state index contributed by atoms with van der Waals surface area (Å²) in [5.41, 5.74) is 0. The summed E-state index contributed by atoms with van der Waals surface area (Å²) in [6.07, 6.45) is -7.28. The monoisotopic (exact) mass is 598 g/mol. The van der Waals surface area contributed by atoms with Crippen LogP contribution in [0, 0.1) is 11.6 Å². The van der Waals surface area contributed by atoms with Crippen LogP contribution in [-0.2, 0) is 13.7 Å². The minimum Gasteiger partial charge on any atom is -0.207 e. The first-order chi connectivity index (χ1) is 17.3. The van der Waals surface area contributed by atoms with E-state index in [-0.39, 0.29) is 4.90 Å². The summed E-state index contributed by atoms with van der Waals surface area (Å²) in [7, 11) is -11.7. The van der Waals surface area contributed by atoms with Crippen LogP contribution >= 0.6 is 10.3 Å². The molecule has 0 aromatic heterocycles. The van der Waals surface area contributed by atoms with Crippen molar-refractivity contribution in [3.8, 4) is 0 Å². The van der Waals surface area contributed by atoms with Gasteiger partial charge in [0.2, 0.25) is 0 Å². The Balaban J connectivity index is 2.36. The van der Waals surface area contributed by atoms with Gasteiger partial charge in [0.25, 0.3) is 0 Å². The molecule has 0 unspecified atom stereocenters. The van der Waals surface area contributed by atoms with Crippen LogP contribution in [0.2, 0.25) is 0 Å². The van der Waals surface area contributed by atoms with Crippen molar-refractivity contribution in [3.05, 3.63) is 90.5 Å². The van der Waals surface area contributed by atoms with Crippen LogP contribution in [0.25, 0.3) is 0 Å². The van der Waals surface area contributed by atoms with Gasteiger partial charge in [-0.15, -0.1) is 0 Å². The number of hydrogen-bond acceptors (Lipinski definition) is 3. The van der Waals surface area contributed by atoms with Crippen molar-refractivity contribution in [2.45, 2.75) is 38.0 Å². The largest absolute Gasteiger partial charge is 0.460 e. The number of rotatable bonds is 8. The molecule has 0 atom stereocenters. The molecule has 0 saturated heterocycles. The van der Waals surface area contributed by atoms with Crippen molar-refractivity contribution >= 4 is 20.4 Å². The predicted octanol–water partition coefficient (Wildman–Crippen LogP) is 7.93. The van der Waals surface area contributed by atoms with Crippen LogP contribution in [0.3, 0.4) is 0 Å². The minimum absolute atomic E-state index is 0.386. The second kappa shape index (κ2) is 9.72.